The van der Waals surface area contributed by atoms with Crippen molar-refractivity contribution < 1.29 is 9.47 Å². The van der Waals surface area contributed by atoms with E-state index in [0.29, 0.717) is 11.7 Å². The Labute approximate surface area is 172 Å². The second-order valence-electron chi connectivity index (χ2n) is 6.85. The molecule has 28 heavy (non-hydrogen) atoms. The Morgan fingerprint density at radius 1 is 1.32 bits per heavy atom. The molecule has 7 heteroatoms. The molecule has 150 valence electrons. The van der Waals surface area contributed by atoms with E-state index in [1.807, 2.05) is 37.4 Å². The summed E-state index contributed by atoms with van der Waals surface area (Å²) < 4.78 is 10.9. The van der Waals surface area contributed by atoms with Crippen molar-refractivity contribution in [2.24, 2.45) is 0 Å². The van der Waals surface area contributed by atoms with E-state index in [9.17, 15) is 0 Å². The average molecular weight is 401 g/mol. The fourth-order valence-corrected chi connectivity index (χ4v) is 3.43. The Balaban J connectivity index is 1.68. The summed E-state index contributed by atoms with van der Waals surface area (Å²) in [6.07, 6.45) is 3.68. The SMILES string of the molecule is COc1cc(NC(=S)N(CCN2CCOCC2)Cc2cccnc2)ccc1C. The highest BCUT2D eigenvalue weighted by molar-refractivity contribution is 7.80. The van der Waals surface area contributed by atoms with Gasteiger partial charge in [-0.2, -0.15) is 0 Å². The van der Waals surface area contributed by atoms with E-state index in [-0.39, 0.29) is 0 Å². The quantitative estimate of drug-likeness (QED) is 0.717. The van der Waals surface area contributed by atoms with Crippen molar-refractivity contribution in [3.05, 3.63) is 53.9 Å². The number of hydrogen-bond donors (Lipinski definition) is 1. The summed E-state index contributed by atoms with van der Waals surface area (Å²) in [6, 6.07) is 10.1. The smallest absolute Gasteiger partial charge is 0.173 e. The molecule has 1 aliphatic heterocycles. The van der Waals surface area contributed by atoms with Crippen LogP contribution in [0.5, 0.6) is 5.75 Å². The van der Waals surface area contributed by atoms with Gasteiger partial charge in [0.15, 0.2) is 5.11 Å². The number of methoxy groups -OCH3 is 1. The number of rotatable bonds is 7. The molecule has 2 heterocycles. The van der Waals surface area contributed by atoms with Gasteiger partial charge in [0.1, 0.15) is 5.75 Å². The zero-order valence-corrected chi connectivity index (χ0v) is 17.4. The molecule has 1 N–H and O–H groups in total. The minimum Gasteiger partial charge on any atom is -0.496 e. The van der Waals surface area contributed by atoms with Crippen molar-refractivity contribution in [2.75, 3.05) is 51.8 Å². The van der Waals surface area contributed by atoms with Gasteiger partial charge in [0, 0.05) is 56.9 Å². The maximum absolute atomic E-state index is 5.75. The Morgan fingerprint density at radius 3 is 2.86 bits per heavy atom. The zero-order chi connectivity index (χ0) is 19.8. The van der Waals surface area contributed by atoms with Crippen LogP contribution in [0.1, 0.15) is 11.1 Å². The molecule has 6 nitrogen and oxygen atoms in total. The Bertz CT molecular complexity index is 766. The van der Waals surface area contributed by atoms with E-state index in [2.05, 4.69) is 26.2 Å². The van der Waals surface area contributed by atoms with Crippen LogP contribution in [0.3, 0.4) is 0 Å². The standard InChI is InChI=1S/C21H28N4O2S/c1-17-5-6-19(14-20(17)26-2)23-21(28)25(16-18-4-3-7-22-15-18)9-8-24-10-12-27-13-11-24/h3-7,14-15H,8-13,16H2,1-2H3,(H,23,28). The monoisotopic (exact) mass is 400 g/mol. The van der Waals surface area contributed by atoms with Gasteiger partial charge in [0.25, 0.3) is 0 Å². The minimum absolute atomic E-state index is 0.697. The third-order valence-corrected chi connectivity index (χ3v) is 5.19. The molecule has 2 aromatic rings. The zero-order valence-electron chi connectivity index (χ0n) is 16.6. The van der Waals surface area contributed by atoms with Crippen molar-refractivity contribution in [2.45, 2.75) is 13.5 Å². The Hall–Kier alpha value is -2.22. The van der Waals surface area contributed by atoms with Crippen LogP contribution in [0.25, 0.3) is 0 Å². The summed E-state index contributed by atoms with van der Waals surface area (Å²) in [6.45, 7) is 8.06. The number of benzene rings is 1. The van der Waals surface area contributed by atoms with Crippen LogP contribution in [0.4, 0.5) is 5.69 Å². The summed E-state index contributed by atoms with van der Waals surface area (Å²) in [7, 11) is 1.68. The summed E-state index contributed by atoms with van der Waals surface area (Å²) in [5.74, 6) is 0.847. The number of thiocarbonyl (C=S) groups is 1. The van der Waals surface area contributed by atoms with Gasteiger partial charge in [0.05, 0.1) is 20.3 Å². The molecule has 3 rings (SSSR count). The molecule has 1 aromatic carbocycles. The largest absolute Gasteiger partial charge is 0.496 e. The predicted molar refractivity (Wildman–Crippen MR) is 116 cm³/mol. The number of ether oxygens (including phenoxy) is 2. The summed E-state index contributed by atoms with van der Waals surface area (Å²) in [5.41, 5.74) is 3.16. The van der Waals surface area contributed by atoms with Gasteiger partial charge in [0.2, 0.25) is 0 Å². The lowest BCUT2D eigenvalue weighted by Gasteiger charge is -2.31. The van der Waals surface area contributed by atoms with E-state index >= 15 is 0 Å². The first-order chi connectivity index (χ1) is 13.7. The maximum atomic E-state index is 5.75. The lowest BCUT2D eigenvalue weighted by Crippen LogP contribution is -2.44. The summed E-state index contributed by atoms with van der Waals surface area (Å²) in [4.78, 5) is 8.83. The Morgan fingerprint density at radius 2 is 2.14 bits per heavy atom. The van der Waals surface area contributed by atoms with E-state index in [1.54, 1.807) is 13.3 Å². The minimum atomic E-state index is 0.697. The molecule has 0 spiro atoms. The van der Waals surface area contributed by atoms with Gasteiger partial charge >= 0.3 is 0 Å². The predicted octanol–water partition coefficient (Wildman–Crippen LogP) is 2.93. The first-order valence-corrected chi connectivity index (χ1v) is 9.96. The molecule has 0 saturated carbocycles. The van der Waals surface area contributed by atoms with Crippen molar-refractivity contribution in [3.63, 3.8) is 0 Å². The van der Waals surface area contributed by atoms with E-state index in [1.165, 1.54) is 0 Å². The maximum Gasteiger partial charge on any atom is 0.173 e. The van der Waals surface area contributed by atoms with Gasteiger partial charge in [-0.05, 0) is 42.4 Å². The van der Waals surface area contributed by atoms with Gasteiger partial charge < -0.3 is 19.7 Å². The second-order valence-corrected chi connectivity index (χ2v) is 7.24. The first kappa shape index (κ1) is 20.5. The molecular formula is C21H28N4O2S. The van der Waals surface area contributed by atoms with E-state index in [0.717, 1.165) is 62.0 Å². The number of morpholine rings is 1. The highest BCUT2D eigenvalue weighted by Crippen LogP contribution is 2.22. The van der Waals surface area contributed by atoms with Crippen LogP contribution in [0, 0.1) is 6.92 Å². The topological polar surface area (TPSA) is 49.9 Å². The van der Waals surface area contributed by atoms with Crippen LogP contribution in [0.2, 0.25) is 0 Å². The number of nitrogens with one attached hydrogen (secondary N) is 1. The van der Waals surface area contributed by atoms with Crippen LogP contribution in [0.15, 0.2) is 42.7 Å². The molecule has 0 amide bonds. The number of nitrogens with zero attached hydrogens (tertiary/aromatic N) is 3. The molecule has 1 saturated heterocycles. The first-order valence-electron chi connectivity index (χ1n) is 9.55. The molecule has 0 aliphatic carbocycles. The van der Waals surface area contributed by atoms with Crippen LogP contribution in [-0.2, 0) is 11.3 Å². The highest BCUT2D eigenvalue weighted by Gasteiger charge is 2.15. The molecule has 0 unspecified atom stereocenters. The molecule has 1 fully saturated rings. The van der Waals surface area contributed by atoms with Crippen molar-refractivity contribution in [1.29, 1.82) is 0 Å². The fraction of sp³-hybridized carbons (Fsp3) is 0.429. The normalized spacial score (nSPS) is 14.5. The Kier molecular flexibility index (Phi) is 7.59. The third-order valence-electron chi connectivity index (χ3n) is 4.83. The highest BCUT2D eigenvalue weighted by atomic mass is 32.1. The lowest BCUT2D eigenvalue weighted by molar-refractivity contribution is 0.0358. The van der Waals surface area contributed by atoms with Crippen LogP contribution >= 0.6 is 12.2 Å². The molecule has 0 atom stereocenters. The second kappa shape index (κ2) is 10.4. The molecule has 1 aliphatic rings. The van der Waals surface area contributed by atoms with E-state index < -0.39 is 0 Å². The average Bonchev–Trinajstić information content (AvgIpc) is 2.74. The van der Waals surface area contributed by atoms with Crippen molar-refractivity contribution in [1.82, 2.24) is 14.8 Å². The molecular weight excluding hydrogens is 372 g/mol. The summed E-state index contributed by atoms with van der Waals surface area (Å²) >= 11 is 5.75. The van der Waals surface area contributed by atoms with Crippen molar-refractivity contribution in [3.8, 4) is 5.75 Å². The van der Waals surface area contributed by atoms with Crippen molar-refractivity contribution >= 4 is 23.0 Å². The number of anilines is 1. The van der Waals surface area contributed by atoms with Gasteiger partial charge in [-0.1, -0.05) is 12.1 Å². The lowest BCUT2D eigenvalue weighted by atomic mass is 10.2. The van der Waals surface area contributed by atoms with Gasteiger partial charge in [-0.3, -0.25) is 9.88 Å². The van der Waals surface area contributed by atoms with Gasteiger partial charge in [-0.15, -0.1) is 0 Å². The molecule has 0 radical (unpaired) electrons. The number of aryl methyl sites for hydroxylation is 1. The van der Waals surface area contributed by atoms with Gasteiger partial charge in [-0.25, -0.2) is 0 Å². The fourth-order valence-electron chi connectivity index (χ4n) is 3.15. The molecule has 1 aromatic heterocycles. The van der Waals surface area contributed by atoms with Crippen LogP contribution < -0.4 is 10.1 Å². The number of hydrogen-bond acceptors (Lipinski definition) is 5. The van der Waals surface area contributed by atoms with E-state index in [4.69, 9.17) is 21.7 Å². The number of aromatic nitrogens is 1. The summed E-state index contributed by atoms with van der Waals surface area (Å²) in [5, 5.41) is 4.06. The third kappa shape index (κ3) is 5.89. The number of pyridine rings is 1. The molecule has 0 bridgehead atoms. The van der Waals surface area contributed by atoms with Crippen LogP contribution in [-0.4, -0.2) is 66.4 Å².